The third-order valence-electron chi connectivity index (χ3n) is 11.0. The van der Waals surface area contributed by atoms with Gasteiger partial charge in [0.2, 0.25) is 0 Å². The van der Waals surface area contributed by atoms with Gasteiger partial charge in [0, 0.05) is 6.54 Å². The van der Waals surface area contributed by atoms with Crippen molar-refractivity contribution in [3.05, 3.63) is 0 Å². The zero-order valence-corrected chi connectivity index (χ0v) is 38.2. The largest absolute Gasteiger partial charge is 0.508 e. The van der Waals surface area contributed by atoms with Crippen LogP contribution in [0.25, 0.3) is 0 Å². The Hall–Kier alpha value is -1.58. The zero-order valence-electron chi connectivity index (χ0n) is 38.2. The first kappa shape index (κ1) is 55.4. The first-order valence-corrected chi connectivity index (χ1v) is 24.6. The summed E-state index contributed by atoms with van der Waals surface area (Å²) in [5, 5.41) is 9.10. The van der Waals surface area contributed by atoms with E-state index in [-0.39, 0.29) is 18.8 Å². The minimum absolute atomic E-state index is 0.0211. The van der Waals surface area contributed by atoms with E-state index in [1.165, 1.54) is 103 Å². The molecule has 0 heterocycles. The molecular formula is C48H95NO8. The molecule has 0 aliphatic carbocycles. The van der Waals surface area contributed by atoms with Crippen LogP contribution in [0.1, 0.15) is 233 Å². The summed E-state index contributed by atoms with van der Waals surface area (Å²) < 4.78 is 28.1. The number of carbonyl (C=O) groups excluding carboxylic acids is 2. The fourth-order valence-corrected chi connectivity index (χ4v) is 7.36. The van der Waals surface area contributed by atoms with Crippen molar-refractivity contribution in [1.29, 1.82) is 0 Å². The van der Waals surface area contributed by atoms with Gasteiger partial charge in [-0.25, -0.2) is 9.59 Å². The van der Waals surface area contributed by atoms with Crippen LogP contribution in [-0.4, -0.2) is 87.2 Å². The summed E-state index contributed by atoms with van der Waals surface area (Å²) in [6.45, 7) is 13.6. The van der Waals surface area contributed by atoms with Gasteiger partial charge in [-0.05, 0) is 90.1 Å². The van der Waals surface area contributed by atoms with Gasteiger partial charge in [0.25, 0.3) is 0 Å². The Bertz CT molecular complexity index is 770. The second kappa shape index (κ2) is 45.5. The Morgan fingerprint density at radius 2 is 0.737 bits per heavy atom. The van der Waals surface area contributed by atoms with Crippen molar-refractivity contribution in [2.24, 2.45) is 0 Å². The molecule has 0 saturated heterocycles. The van der Waals surface area contributed by atoms with Crippen LogP contribution in [0.4, 0.5) is 9.59 Å². The molecule has 2 atom stereocenters. The number of hydrogen-bond acceptors (Lipinski definition) is 9. The molecule has 0 aliphatic rings. The number of aliphatic hydroxyl groups excluding tert-OH is 1. The lowest BCUT2D eigenvalue weighted by Gasteiger charge is -2.22. The number of hydrogen-bond donors (Lipinski definition) is 1. The number of aliphatic hydroxyl groups is 1. The van der Waals surface area contributed by atoms with E-state index in [2.05, 4.69) is 32.6 Å². The molecule has 0 aromatic carbocycles. The van der Waals surface area contributed by atoms with E-state index < -0.39 is 12.3 Å². The molecule has 0 aromatic heterocycles. The van der Waals surface area contributed by atoms with Crippen LogP contribution in [0.5, 0.6) is 0 Å². The van der Waals surface area contributed by atoms with Gasteiger partial charge < -0.3 is 33.7 Å². The van der Waals surface area contributed by atoms with Crippen molar-refractivity contribution >= 4 is 12.3 Å². The minimum atomic E-state index is -0.498. The number of rotatable bonds is 45. The van der Waals surface area contributed by atoms with E-state index in [4.69, 9.17) is 28.8 Å². The van der Waals surface area contributed by atoms with Gasteiger partial charge >= 0.3 is 12.3 Å². The predicted molar refractivity (Wildman–Crippen MR) is 237 cm³/mol. The third kappa shape index (κ3) is 41.0. The van der Waals surface area contributed by atoms with Gasteiger partial charge in [-0.2, -0.15) is 0 Å². The van der Waals surface area contributed by atoms with Gasteiger partial charge in [0.1, 0.15) is 12.2 Å². The molecule has 0 spiro atoms. The monoisotopic (exact) mass is 814 g/mol. The van der Waals surface area contributed by atoms with Crippen LogP contribution < -0.4 is 0 Å². The van der Waals surface area contributed by atoms with Crippen molar-refractivity contribution < 1.29 is 38.4 Å². The smallest absolute Gasteiger partial charge is 0.434 e. The summed E-state index contributed by atoms with van der Waals surface area (Å²) in [4.78, 5) is 27.4. The topological polar surface area (TPSA) is 104 Å². The van der Waals surface area contributed by atoms with Crippen molar-refractivity contribution in [2.45, 2.75) is 245 Å². The number of carbonyl (C=O) groups is 2. The van der Waals surface area contributed by atoms with Gasteiger partial charge in [-0.15, -0.1) is 0 Å². The third-order valence-corrected chi connectivity index (χ3v) is 11.0. The van der Waals surface area contributed by atoms with Crippen molar-refractivity contribution in [3.63, 3.8) is 0 Å². The molecule has 0 amide bonds. The van der Waals surface area contributed by atoms with Crippen molar-refractivity contribution in [3.8, 4) is 0 Å². The normalized spacial score (nSPS) is 12.5. The Labute approximate surface area is 352 Å². The molecule has 340 valence electrons. The van der Waals surface area contributed by atoms with Gasteiger partial charge in [-0.1, -0.05) is 156 Å². The summed E-state index contributed by atoms with van der Waals surface area (Å²) in [6, 6.07) is 0. The Morgan fingerprint density at radius 1 is 0.404 bits per heavy atom. The molecule has 9 nitrogen and oxygen atoms in total. The molecule has 0 fully saturated rings. The second-order valence-corrected chi connectivity index (χ2v) is 16.5. The van der Waals surface area contributed by atoms with E-state index in [0.717, 1.165) is 122 Å². The lowest BCUT2D eigenvalue weighted by molar-refractivity contribution is 0.0145. The van der Waals surface area contributed by atoms with Gasteiger partial charge in [0.05, 0.1) is 33.0 Å². The van der Waals surface area contributed by atoms with E-state index in [9.17, 15) is 9.59 Å². The number of ether oxygens (including phenoxy) is 5. The van der Waals surface area contributed by atoms with Crippen LogP contribution in [0.15, 0.2) is 0 Å². The average molecular weight is 814 g/mol. The van der Waals surface area contributed by atoms with Crippen LogP contribution >= 0.6 is 0 Å². The molecule has 2 unspecified atom stereocenters. The standard InChI is InChI=1S/C48H95NO8/c1-5-9-13-17-19-27-35-45(33-25-15-11-7-3)56-47(51)54-41-31-23-21-29-37-49(39-43-53-44-40-50)38-30-22-24-32-42-55-48(52)57-46(34-26-16-12-8-4)36-28-20-18-14-10-6-2/h45-46,50H,5-44H2,1-4H3. The Morgan fingerprint density at radius 3 is 1.12 bits per heavy atom. The highest BCUT2D eigenvalue weighted by atomic mass is 16.7. The van der Waals surface area contributed by atoms with Gasteiger partial charge in [0.15, 0.2) is 0 Å². The van der Waals surface area contributed by atoms with Crippen molar-refractivity contribution in [1.82, 2.24) is 4.90 Å². The molecule has 0 radical (unpaired) electrons. The highest BCUT2D eigenvalue weighted by Gasteiger charge is 2.17. The first-order chi connectivity index (χ1) is 28.0. The highest BCUT2D eigenvalue weighted by molar-refractivity contribution is 5.60. The molecule has 9 heteroatoms. The molecule has 0 rings (SSSR count). The lowest BCUT2D eigenvalue weighted by atomic mass is 10.0. The summed E-state index contributed by atoms with van der Waals surface area (Å²) in [7, 11) is 0. The van der Waals surface area contributed by atoms with Crippen molar-refractivity contribution in [2.75, 3.05) is 52.7 Å². The lowest BCUT2D eigenvalue weighted by Crippen LogP contribution is -2.30. The predicted octanol–water partition coefficient (Wildman–Crippen LogP) is 13.9. The maximum Gasteiger partial charge on any atom is 0.508 e. The number of nitrogens with zero attached hydrogens (tertiary/aromatic N) is 1. The molecule has 1 N–H and O–H groups in total. The van der Waals surface area contributed by atoms with E-state index in [1.807, 2.05) is 0 Å². The van der Waals surface area contributed by atoms with E-state index in [0.29, 0.717) is 26.4 Å². The second-order valence-electron chi connectivity index (χ2n) is 16.5. The molecular weight excluding hydrogens is 719 g/mol. The summed E-state index contributed by atoms with van der Waals surface area (Å²) in [5.74, 6) is 0. The highest BCUT2D eigenvalue weighted by Crippen LogP contribution is 2.19. The Kier molecular flexibility index (Phi) is 44.2. The maximum atomic E-state index is 12.5. The summed E-state index contributed by atoms with van der Waals surface area (Å²) in [6.07, 6.45) is 35.2. The van der Waals surface area contributed by atoms with Gasteiger partial charge in [-0.3, -0.25) is 0 Å². The van der Waals surface area contributed by atoms with E-state index in [1.54, 1.807) is 0 Å². The van der Waals surface area contributed by atoms with E-state index >= 15 is 0 Å². The molecule has 0 aromatic rings. The summed E-state index contributed by atoms with van der Waals surface area (Å²) in [5.41, 5.74) is 0. The molecule has 0 bridgehead atoms. The fraction of sp³-hybridized carbons (Fsp3) is 0.958. The van der Waals surface area contributed by atoms with Crippen LogP contribution in [-0.2, 0) is 23.7 Å². The maximum absolute atomic E-state index is 12.5. The molecule has 0 aliphatic heterocycles. The minimum Gasteiger partial charge on any atom is -0.434 e. The molecule has 57 heavy (non-hydrogen) atoms. The summed E-state index contributed by atoms with van der Waals surface area (Å²) >= 11 is 0. The first-order valence-electron chi connectivity index (χ1n) is 24.6. The van der Waals surface area contributed by atoms with Crippen LogP contribution in [0.2, 0.25) is 0 Å². The average Bonchev–Trinajstić information content (AvgIpc) is 3.20. The zero-order chi connectivity index (χ0) is 41.7. The number of unbranched alkanes of at least 4 members (excludes halogenated alkanes) is 22. The Balaban J connectivity index is 4.35. The van der Waals surface area contributed by atoms with Crippen LogP contribution in [0, 0.1) is 0 Å². The quantitative estimate of drug-likeness (QED) is 0.0475. The fourth-order valence-electron chi connectivity index (χ4n) is 7.36. The van der Waals surface area contributed by atoms with Crippen LogP contribution in [0.3, 0.4) is 0 Å². The SMILES string of the molecule is CCCCCCCCC(CCCCCC)OC(=O)OCCCCCCN(CCCCCCOC(=O)OC(CCCCCC)CCCCCCCC)CCOCCO. The molecule has 0 saturated carbocycles.